The lowest BCUT2D eigenvalue weighted by molar-refractivity contribution is -0.130. The zero-order chi connectivity index (χ0) is 13.8. The number of carbonyl (C=O) groups is 2. The molecule has 1 heterocycles. The summed E-state index contributed by atoms with van der Waals surface area (Å²) in [4.78, 5) is 25.7. The smallest absolute Gasteiger partial charge is 0.251 e. The molecule has 1 aromatic carbocycles. The topological polar surface area (TPSA) is 49.4 Å². The van der Waals surface area contributed by atoms with E-state index in [2.05, 4.69) is 27.9 Å². The Morgan fingerprint density at radius 2 is 2.05 bits per heavy atom. The fraction of sp³-hybridized carbons (Fsp3) is 0.429. The number of rotatable bonds is 3. The Balaban J connectivity index is 1.86. The van der Waals surface area contributed by atoms with Gasteiger partial charge in [-0.05, 0) is 66.6 Å². The van der Waals surface area contributed by atoms with Crippen molar-refractivity contribution >= 4 is 34.4 Å². The minimum absolute atomic E-state index is 0.00358. The molecule has 1 fully saturated rings. The highest BCUT2D eigenvalue weighted by molar-refractivity contribution is 14.1. The van der Waals surface area contributed by atoms with E-state index in [0.717, 1.165) is 23.0 Å². The van der Waals surface area contributed by atoms with E-state index in [1.807, 2.05) is 24.0 Å². The van der Waals surface area contributed by atoms with Crippen LogP contribution in [-0.2, 0) is 4.79 Å². The van der Waals surface area contributed by atoms with E-state index in [4.69, 9.17) is 0 Å². The first kappa shape index (κ1) is 14.3. The molecule has 19 heavy (non-hydrogen) atoms. The van der Waals surface area contributed by atoms with Gasteiger partial charge in [-0.2, -0.15) is 0 Å². The molecule has 102 valence electrons. The predicted octanol–water partition coefficient (Wildman–Crippen LogP) is 2.03. The number of halogens is 1. The summed E-state index contributed by atoms with van der Waals surface area (Å²) in [6, 6.07) is 7.57. The van der Waals surface area contributed by atoms with E-state index >= 15 is 0 Å². The Labute approximate surface area is 126 Å². The van der Waals surface area contributed by atoms with E-state index in [1.54, 1.807) is 12.1 Å². The number of nitrogens with one attached hydrogen (secondary N) is 1. The van der Waals surface area contributed by atoms with Gasteiger partial charge in [0.25, 0.3) is 5.91 Å². The molecular formula is C14H17IN2O2. The summed E-state index contributed by atoms with van der Waals surface area (Å²) >= 11 is 2.19. The Kier molecular flexibility index (Phi) is 4.79. The zero-order valence-electron chi connectivity index (χ0n) is 10.9. The molecule has 1 N–H and O–H groups in total. The van der Waals surface area contributed by atoms with Gasteiger partial charge in [-0.1, -0.05) is 0 Å². The van der Waals surface area contributed by atoms with Crippen LogP contribution in [0.15, 0.2) is 24.3 Å². The fourth-order valence-electron chi connectivity index (χ4n) is 2.26. The van der Waals surface area contributed by atoms with Gasteiger partial charge in [0.1, 0.15) is 0 Å². The second-order valence-corrected chi connectivity index (χ2v) is 6.01. The SMILES string of the molecule is C[C@@H]1CCCN1C(=O)CNC(=O)c1ccc(I)cc1. The minimum atomic E-state index is -0.198. The van der Waals surface area contributed by atoms with Gasteiger partial charge >= 0.3 is 0 Å². The van der Waals surface area contributed by atoms with Gasteiger partial charge in [0.2, 0.25) is 5.91 Å². The molecule has 2 rings (SSSR count). The first-order valence-electron chi connectivity index (χ1n) is 6.41. The summed E-state index contributed by atoms with van der Waals surface area (Å²) in [5, 5.41) is 2.68. The number of nitrogens with zero attached hydrogens (tertiary/aromatic N) is 1. The summed E-state index contributed by atoms with van der Waals surface area (Å²) in [6.07, 6.45) is 2.11. The molecule has 0 radical (unpaired) electrons. The Bertz CT molecular complexity index is 473. The monoisotopic (exact) mass is 372 g/mol. The van der Waals surface area contributed by atoms with Crippen molar-refractivity contribution in [3.05, 3.63) is 33.4 Å². The Morgan fingerprint density at radius 3 is 2.63 bits per heavy atom. The maximum atomic E-state index is 12.0. The van der Waals surface area contributed by atoms with Crippen LogP contribution in [0.25, 0.3) is 0 Å². The molecule has 0 saturated carbocycles. The lowest BCUT2D eigenvalue weighted by Gasteiger charge is -2.21. The summed E-state index contributed by atoms with van der Waals surface area (Å²) in [5.74, 6) is -0.194. The first-order chi connectivity index (χ1) is 9.08. The van der Waals surface area contributed by atoms with Crippen LogP contribution in [0.1, 0.15) is 30.1 Å². The average Bonchev–Trinajstić information content (AvgIpc) is 2.83. The van der Waals surface area contributed by atoms with E-state index in [9.17, 15) is 9.59 Å². The molecule has 0 aliphatic carbocycles. The van der Waals surface area contributed by atoms with Crippen molar-refractivity contribution in [1.82, 2.24) is 10.2 Å². The minimum Gasteiger partial charge on any atom is -0.343 e. The van der Waals surface area contributed by atoms with Crippen LogP contribution in [0.2, 0.25) is 0 Å². The van der Waals surface area contributed by atoms with Crippen LogP contribution in [0.3, 0.4) is 0 Å². The van der Waals surface area contributed by atoms with Crippen LogP contribution in [-0.4, -0.2) is 35.8 Å². The highest BCUT2D eigenvalue weighted by atomic mass is 127. The van der Waals surface area contributed by atoms with Crippen molar-refractivity contribution in [2.75, 3.05) is 13.1 Å². The van der Waals surface area contributed by atoms with Crippen molar-refractivity contribution in [3.63, 3.8) is 0 Å². The lowest BCUT2D eigenvalue weighted by Crippen LogP contribution is -2.41. The van der Waals surface area contributed by atoms with Crippen molar-refractivity contribution in [2.45, 2.75) is 25.8 Å². The van der Waals surface area contributed by atoms with Crippen LogP contribution in [0.4, 0.5) is 0 Å². The molecule has 1 atom stereocenters. The van der Waals surface area contributed by atoms with Crippen LogP contribution in [0.5, 0.6) is 0 Å². The zero-order valence-corrected chi connectivity index (χ0v) is 13.0. The highest BCUT2D eigenvalue weighted by Crippen LogP contribution is 2.15. The van der Waals surface area contributed by atoms with Crippen molar-refractivity contribution in [2.24, 2.45) is 0 Å². The third-order valence-corrected chi connectivity index (χ3v) is 4.10. The third kappa shape index (κ3) is 3.68. The largest absolute Gasteiger partial charge is 0.343 e. The Hall–Kier alpha value is -1.11. The standard InChI is InChI=1S/C14H17IN2O2/c1-10-3-2-8-17(10)13(18)9-16-14(19)11-4-6-12(15)7-5-11/h4-7,10H,2-3,8-9H2,1H3,(H,16,19)/t10-/m1/s1. The second kappa shape index (κ2) is 6.36. The van der Waals surface area contributed by atoms with Crippen LogP contribution >= 0.6 is 22.6 Å². The number of likely N-dealkylation sites (tertiary alicyclic amines) is 1. The second-order valence-electron chi connectivity index (χ2n) is 4.77. The normalized spacial score (nSPS) is 18.4. The van der Waals surface area contributed by atoms with E-state index in [0.29, 0.717) is 11.6 Å². The number of hydrogen-bond donors (Lipinski definition) is 1. The molecule has 0 bridgehead atoms. The number of amides is 2. The van der Waals surface area contributed by atoms with Gasteiger partial charge < -0.3 is 10.2 Å². The summed E-state index contributed by atoms with van der Waals surface area (Å²) in [6.45, 7) is 2.93. The maximum absolute atomic E-state index is 12.0. The van der Waals surface area contributed by atoms with Gasteiger partial charge in [0.05, 0.1) is 6.54 Å². The lowest BCUT2D eigenvalue weighted by atomic mass is 10.2. The molecule has 1 aliphatic heterocycles. The molecular weight excluding hydrogens is 355 g/mol. The van der Waals surface area contributed by atoms with Gasteiger partial charge in [-0.3, -0.25) is 9.59 Å². The molecule has 4 nitrogen and oxygen atoms in total. The van der Waals surface area contributed by atoms with Gasteiger partial charge in [0.15, 0.2) is 0 Å². The van der Waals surface area contributed by atoms with Gasteiger partial charge in [-0.25, -0.2) is 0 Å². The molecule has 0 unspecified atom stereocenters. The molecule has 0 spiro atoms. The van der Waals surface area contributed by atoms with Crippen molar-refractivity contribution in [1.29, 1.82) is 0 Å². The van der Waals surface area contributed by atoms with E-state index < -0.39 is 0 Å². The van der Waals surface area contributed by atoms with Crippen molar-refractivity contribution in [3.8, 4) is 0 Å². The highest BCUT2D eigenvalue weighted by Gasteiger charge is 2.24. The van der Waals surface area contributed by atoms with Gasteiger partial charge in [-0.15, -0.1) is 0 Å². The average molecular weight is 372 g/mol. The maximum Gasteiger partial charge on any atom is 0.251 e. The first-order valence-corrected chi connectivity index (χ1v) is 7.49. The van der Waals surface area contributed by atoms with Crippen molar-refractivity contribution < 1.29 is 9.59 Å². The quantitative estimate of drug-likeness (QED) is 0.826. The summed E-state index contributed by atoms with van der Waals surface area (Å²) in [7, 11) is 0. The molecule has 2 amide bonds. The number of hydrogen-bond acceptors (Lipinski definition) is 2. The Morgan fingerprint density at radius 1 is 1.37 bits per heavy atom. The van der Waals surface area contributed by atoms with E-state index in [1.165, 1.54) is 0 Å². The number of benzene rings is 1. The summed E-state index contributed by atoms with van der Waals surface area (Å²) < 4.78 is 1.08. The fourth-order valence-corrected chi connectivity index (χ4v) is 2.62. The molecule has 5 heteroatoms. The molecule has 1 aromatic rings. The van der Waals surface area contributed by atoms with E-state index in [-0.39, 0.29) is 18.4 Å². The predicted molar refractivity (Wildman–Crippen MR) is 81.9 cm³/mol. The molecule has 0 aromatic heterocycles. The number of carbonyl (C=O) groups excluding carboxylic acids is 2. The van der Waals surface area contributed by atoms with Crippen LogP contribution < -0.4 is 5.32 Å². The molecule has 1 saturated heterocycles. The van der Waals surface area contributed by atoms with Crippen LogP contribution in [0, 0.1) is 3.57 Å². The van der Waals surface area contributed by atoms with Gasteiger partial charge in [0, 0.05) is 21.7 Å². The molecule has 1 aliphatic rings. The third-order valence-electron chi connectivity index (χ3n) is 3.38. The summed E-state index contributed by atoms with van der Waals surface area (Å²) in [5.41, 5.74) is 0.586.